The minimum absolute atomic E-state index is 0.0516. The van der Waals surface area contributed by atoms with Crippen molar-refractivity contribution in [1.82, 2.24) is 0 Å². The highest BCUT2D eigenvalue weighted by Crippen LogP contribution is 2.65. The van der Waals surface area contributed by atoms with Crippen LogP contribution in [0.5, 0.6) is 0 Å². The van der Waals surface area contributed by atoms with Crippen LogP contribution in [0.2, 0.25) is 0 Å². The summed E-state index contributed by atoms with van der Waals surface area (Å²) in [5, 5.41) is 0. The second-order valence-electron chi connectivity index (χ2n) is 10.5. The van der Waals surface area contributed by atoms with Crippen molar-refractivity contribution < 1.29 is 19.0 Å². The maximum atomic E-state index is 12.1. The topological polar surface area (TPSA) is 44.8 Å². The normalized spacial score (nSPS) is 47.6. The van der Waals surface area contributed by atoms with E-state index >= 15 is 0 Å². The highest BCUT2D eigenvalue weighted by Gasteiger charge is 2.67. The molecule has 0 N–H and O–H groups in total. The fraction of sp³-hybridized carbons (Fsp3) is 0.875. The van der Waals surface area contributed by atoms with Crippen molar-refractivity contribution in [2.45, 2.75) is 84.5 Å². The quantitative estimate of drug-likeness (QED) is 0.496. The summed E-state index contributed by atoms with van der Waals surface area (Å²) in [5.41, 5.74) is 0.0605. The first kappa shape index (κ1) is 20.4. The van der Waals surface area contributed by atoms with Crippen LogP contribution in [-0.4, -0.2) is 31.1 Å². The lowest BCUT2D eigenvalue weighted by Gasteiger charge is -2.57. The van der Waals surface area contributed by atoms with Crippen LogP contribution >= 0.6 is 0 Å². The van der Waals surface area contributed by atoms with Gasteiger partial charge in [-0.05, 0) is 49.4 Å². The van der Waals surface area contributed by atoms with E-state index in [9.17, 15) is 4.79 Å². The highest BCUT2D eigenvalue weighted by atomic mass is 16.7. The molecule has 4 fully saturated rings. The zero-order valence-corrected chi connectivity index (χ0v) is 18.2. The van der Waals surface area contributed by atoms with E-state index in [0.717, 1.165) is 31.6 Å². The number of carbonyl (C=O) groups is 1. The summed E-state index contributed by atoms with van der Waals surface area (Å²) in [6.07, 6.45) is 9.83. The summed E-state index contributed by atoms with van der Waals surface area (Å²) >= 11 is 0. The second-order valence-corrected chi connectivity index (χ2v) is 10.5. The summed E-state index contributed by atoms with van der Waals surface area (Å²) in [6.45, 7) is 14.2. The third kappa shape index (κ3) is 2.89. The van der Waals surface area contributed by atoms with Gasteiger partial charge in [0.05, 0.1) is 13.2 Å². The molecule has 4 nitrogen and oxygen atoms in total. The maximum absolute atomic E-state index is 12.1. The van der Waals surface area contributed by atoms with E-state index in [-0.39, 0.29) is 22.9 Å². The number of esters is 1. The van der Waals surface area contributed by atoms with Crippen molar-refractivity contribution in [2.75, 3.05) is 13.2 Å². The molecule has 1 heterocycles. The van der Waals surface area contributed by atoms with Crippen LogP contribution in [0.4, 0.5) is 0 Å². The number of hydrogen-bond donors (Lipinski definition) is 0. The number of hydrogen-bond acceptors (Lipinski definition) is 4. The molecule has 0 radical (unpaired) electrons. The first-order valence-electron chi connectivity index (χ1n) is 11.3. The Morgan fingerprint density at radius 3 is 2.39 bits per heavy atom. The van der Waals surface area contributed by atoms with E-state index in [2.05, 4.69) is 33.4 Å². The predicted octanol–water partition coefficient (Wildman–Crippen LogP) is 5.12. The molecule has 0 amide bonds. The Hall–Kier alpha value is -0.870. The average Bonchev–Trinajstić information content (AvgIpc) is 3.24. The van der Waals surface area contributed by atoms with Gasteiger partial charge >= 0.3 is 5.97 Å². The van der Waals surface area contributed by atoms with Gasteiger partial charge in [0.15, 0.2) is 5.79 Å². The lowest BCUT2D eigenvalue weighted by Crippen LogP contribution is -2.57. The zero-order valence-electron chi connectivity index (χ0n) is 18.2. The molecule has 1 saturated heterocycles. The molecular formula is C24H38O4. The molecule has 4 aliphatic rings. The lowest BCUT2D eigenvalue weighted by molar-refractivity contribution is -0.251. The van der Waals surface area contributed by atoms with Crippen molar-refractivity contribution in [3.8, 4) is 0 Å². The van der Waals surface area contributed by atoms with Crippen LogP contribution in [0.15, 0.2) is 12.7 Å². The van der Waals surface area contributed by atoms with Gasteiger partial charge in [-0.15, -0.1) is 6.58 Å². The van der Waals surface area contributed by atoms with E-state index in [1.807, 2.05) is 0 Å². The summed E-state index contributed by atoms with van der Waals surface area (Å²) in [4.78, 5) is 12.1. The Labute approximate surface area is 170 Å². The molecule has 3 aliphatic carbocycles. The highest BCUT2D eigenvalue weighted by molar-refractivity contribution is 5.66. The Balaban J connectivity index is 1.68. The Morgan fingerprint density at radius 1 is 1.07 bits per heavy atom. The van der Waals surface area contributed by atoms with Gasteiger partial charge in [-0.1, -0.05) is 33.3 Å². The fourth-order valence-corrected chi connectivity index (χ4v) is 7.41. The minimum Gasteiger partial charge on any atom is -0.462 e. The largest absolute Gasteiger partial charge is 0.462 e. The van der Waals surface area contributed by atoms with Gasteiger partial charge < -0.3 is 14.2 Å². The van der Waals surface area contributed by atoms with E-state index in [1.54, 1.807) is 6.92 Å². The first-order valence-corrected chi connectivity index (χ1v) is 11.3. The molecule has 1 aliphatic heterocycles. The molecule has 4 heteroatoms. The Kier molecular flexibility index (Phi) is 5.19. The SMILES string of the molecule is C=C[C@H]1C[C@@H](C)CC[C@]1(C)C1CC[C@@]2(C)C(CCC23OCCO3)C1OC(C)=O. The molecule has 0 bridgehead atoms. The van der Waals surface area contributed by atoms with Crippen LogP contribution in [-0.2, 0) is 19.0 Å². The third-order valence-electron chi connectivity index (χ3n) is 9.11. The summed E-state index contributed by atoms with van der Waals surface area (Å²) < 4.78 is 18.6. The fourth-order valence-electron chi connectivity index (χ4n) is 7.41. The number of carbonyl (C=O) groups excluding carboxylic acids is 1. The number of allylic oxidation sites excluding steroid dienone is 1. The second kappa shape index (κ2) is 7.12. The number of ether oxygens (including phenoxy) is 3. The summed E-state index contributed by atoms with van der Waals surface area (Å²) in [5.74, 6) is 1.28. The molecule has 3 unspecified atom stereocenters. The van der Waals surface area contributed by atoms with Crippen molar-refractivity contribution in [1.29, 1.82) is 0 Å². The van der Waals surface area contributed by atoms with Gasteiger partial charge in [0.25, 0.3) is 0 Å². The minimum atomic E-state index is -0.471. The Bertz CT molecular complexity index is 624. The monoisotopic (exact) mass is 390 g/mol. The summed E-state index contributed by atoms with van der Waals surface area (Å²) in [6, 6.07) is 0. The molecule has 1 spiro atoms. The van der Waals surface area contributed by atoms with E-state index < -0.39 is 5.79 Å². The lowest BCUT2D eigenvalue weighted by atomic mass is 9.51. The standard InChI is InChI=1S/C24H38O4/c1-6-18-15-16(2)7-10-22(18,4)19-8-11-23(5)20(21(19)28-17(3)25)9-12-24(23)26-13-14-27-24/h6,16,18-21H,1,7-15H2,2-5H3/t16-,18-,19?,20?,21?,22-,23-/m0/s1. The smallest absolute Gasteiger partial charge is 0.302 e. The van der Waals surface area contributed by atoms with Gasteiger partial charge in [0, 0.05) is 30.6 Å². The molecule has 28 heavy (non-hydrogen) atoms. The van der Waals surface area contributed by atoms with E-state index in [4.69, 9.17) is 14.2 Å². The van der Waals surface area contributed by atoms with Crippen molar-refractivity contribution >= 4 is 5.97 Å². The van der Waals surface area contributed by atoms with E-state index in [0.29, 0.717) is 31.0 Å². The number of rotatable bonds is 3. The van der Waals surface area contributed by atoms with Gasteiger partial charge in [-0.3, -0.25) is 4.79 Å². The molecule has 0 aromatic carbocycles. The number of fused-ring (bicyclic) bond motifs is 2. The van der Waals surface area contributed by atoms with Crippen LogP contribution < -0.4 is 0 Å². The molecule has 7 atom stereocenters. The van der Waals surface area contributed by atoms with Crippen molar-refractivity contribution in [2.24, 2.45) is 34.5 Å². The van der Waals surface area contributed by atoms with E-state index in [1.165, 1.54) is 19.3 Å². The average molecular weight is 391 g/mol. The molecule has 158 valence electrons. The van der Waals surface area contributed by atoms with Gasteiger partial charge in [-0.25, -0.2) is 0 Å². The summed E-state index contributed by atoms with van der Waals surface area (Å²) in [7, 11) is 0. The first-order chi connectivity index (χ1) is 13.3. The molecule has 3 saturated carbocycles. The van der Waals surface area contributed by atoms with Crippen LogP contribution in [0.3, 0.4) is 0 Å². The molecule has 0 aromatic heterocycles. The van der Waals surface area contributed by atoms with Crippen LogP contribution in [0.25, 0.3) is 0 Å². The Morgan fingerprint density at radius 2 is 1.75 bits per heavy atom. The van der Waals surface area contributed by atoms with Crippen LogP contribution in [0.1, 0.15) is 72.6 Å². The zero-order chi connectivity index (χ0) is 20.2. The third-order valence-corrected chi connectivity index (χ3v) is 9.11. The van der Waals surface area contributed by atoms with Crippen LogP contribution in [0, 0.1) is 34.5 Å². The van der Waals surface area contributed by atoms with Gasteiger partial charge in [0.1, 0.15) is 6.10 Å². The molecule has 4 rings (SSSR count). The van der Waals surface area contributed by atoms with Crippen molar-refractivity contribution in [3.63, 3.8) is 0 Å². The van der Waals surface area contributed by atoms with Gasteiger partial charge in [-0.2, -0.15) is 0 Å². The maximum Gasteiger partial charge on any atom is 0.302 e. The molecule has 0 aromatic rings. The molecular weight excluding hydrogens is 352 g/mol. The predicted molar refractivity (Wildman–Crippen MR) is 109 cm³/mol. The van der Waals surface area contributed by atoms with Gasteiger partial charge in [0.2, 0.25) is 0 Å². The van der Waals surface area contributed by atoms with Crippen molar-refractivity contribution in [3.05, 3.63) is 12.7 Å².